The Kier molecular flexibility index (Phi) is 5.83. The molecule has 6 heteroatoms. The number of halogens is 1. The zero-order valence-corrected chi connectivity index (χ0v) is 15.4. The second-order valence-electron chi connectivity index (χ2n) is 6.57. The molecule has 2 aromatic rings. The van der Waals surface area contributed by atoms with E-state index in [0.717, 1.165) is 26.2 Å². The number of amides is 1. The standard InChI is InChI=1S/C19H24FN3OS/c1-14(21-19(24)15-5-3-6-16(20)13-15)18(17-7-4-12-25-17)23-10-8-22(2)9-11-23/h3-7,12-14,18H,8-11H2,1-2H3,(H,21,24)/t14-,18+/m1/s1. The van der Waals surface area contributed by atoms with E-state index in [0.29, 0.717) is 5.56 Å². The highest BCUT2D eigenvalue weighted by Gasteiger charge is 2.30. The average Bonchev–Trinajstić information content (AvgIpc) is 3.11. The molecule has 1 aliphatic heterocycles. The van der Waals surface area contributed by atoms with Crippen molar-refractivity contribution in [1.82, 2.24) is 15.1 Å². The number of nitrogens with zero attached hydrogens (tertiary/aromatic N) is 2. The molecule has 25 heavy (non-hydrogen) atoms. The van der Waals surface area contributed by atoms with Crippen molar-refractivity contribution in [3.8, 4) is 0 Å². The van der Waals surface area contributed by atoms with Crippen LogP contribution in [0.3, 0.4) is 0 Å². The lowest BCUT2D eigenvalue weighted by molar-refractivity contribution is 0.0799. The van der Waals surface area contributed by atoms with Crippen molar-refractivity contribution >= 4 is 17.2 Å². The van der Waals surface area contributed by atoms with Crippen molar-refractivity contribution in [3.05, 3.63) is 58.0 Å². The predicted molar refractivity (Wildman–Crippen MR) is 99.5 cm³/mol. The van der Waals surface area contributed by atoms with E-state index in [4.69, 9.17) is 0 Å². The van der Waals surface area contributed by atoms with Crippen LogP contribution < -0.4 is 5.32 Å². The molecule has 0 spiro atoms. The number of piperazine rings is 1. The van der Waals surface area contributed by atoms with Crippen molar-refractivity contribution in [2.24, 2.45) is 0 Å². The Hall–Kier alpha value is -1.76. The number of benzene rings is 1. The minimum atomic E-state index is -0.394. The van der Waals surface area contributed by atoms with Crippen LogP contribution in [0.1, 0.15) is 28.2 Å². The summed E-state index contributed by atoms with van der Waals surface area (Å²) in [6, 6.07) is 10.1. The molecule has 1 aromatic heterocycles. The van der Waals surface area contributed by atoms with E-state index in [2.05, 4.69) is 33.6 Å². The number of hydrogen-bond acceptors (Lipinski definition) is 4. The Bertz CT molecular complexity index is 698. The predicted octanol–water partition coefficient (Wildman–Crippen LogP) is 2.99. The molecule has 134 valence electrons. The second-order valence-corrected chi connectivity index (χ2v) is 7.55. The highest BCUT2D eigenvalue weighted by atomic mass is 32.1. The minimum Gasteiger partial charge on any atom is -0.348 e. The van der Waals surface area contributed by atoms with Gasteiger partial charge in [-0.2, -0.15) is 0 Å². The highest BCUT2D eigenvalue weighted by molar-refractivity contribution is 7.10. The maximum atomic E-state index is 13.4. The lowest BCUT2D eigenvalue weighted by Gasteiger charge is -2.40. The van der Waals surface area contributed by atoms with Gasteiger partial charge in [-0.15, -0.1) is 11.3 Å². The van der Waals surface area contributed by atoms with Gasteiger partial charge in [0.1, 0.15) is 5.82 Å². The van der Waals surface area contributed by atoms with E-state index in [1.165, 1.54) is 17.0 Å². The Balaban J connectivity index is 1.75. The van der Waals surface area contributed by atoms with E-state index >= 15 is 0 Å². The third-order valence-corrected chi connectivity index (χ3v) is 5.63. The van der Waals surface area contributed by atoms with E-state index < -0.39 is 5.82 Å². The fourth-order valence-corrected chi connectivity index (χ4v) is 4.27. The number of carbonyl (C=O) groups is 1. The molecule has 2 atom stereocenters. The molecule has 3 rings (SSSR count). The molecule has 2 heterocycles. The first-order chi connectivity index (χ1) is 12.0. The van der Waals surface area contributed by atoms with Gasteiger partial charge in [-0.1, -0.05) is 12.1 Å². The molecule has 0 aliphatic carbocycles. The van der Waals surface area contributed by atoms with Gasteiger partial charge < -0.3 is 10.2 Å². The lowest BCUT2D eigenvalue weighted by Crippen LogP contribution is -2.51. The molecule has 0 bridgehead atoms. The van der Waals surface area contributed by atoms with Crippen LogP contribution in [0.4, 0.5) is 4.39 Å². The van der Waals surface area contributed by atoms with Crippen molar-refractivity contribution in [3.63, 3.8) is 0 Å². The topological polar surface area (TPSA) is 35.6 Å². The van der Waals surface area contributed by atoms with Crippen molar-refractivity contribution in [2.45, 2.75) is 19.0 Å². The van der Waals surface area contributed by atoms with Crippen LogP contribution in [0, 0.1) is 5.82 Å². The van der Waals surface area contributed by atoms with Gasteiger partial charge in [-0.25, -0.2) is 4.39 Å². The molecule has 1 amide bonds. The number of hydrogen-bond donors (Lipinski definition) is 1. The summed E-state index contributed by atoms with van der Waals surface area (Å²) in [5, 5.41) is 5.14. The molecule has 0 saturated carbocycles. The molecule has 1 aliphatic rings. The lowest BCUT2D eigenvalue weighted by atomic mass is 10.0. The molecule has 1 N–H and O–H groups in total. The van der Waals surface area contributed by atoms with Gasteiger partial charge in [-0.3, -0.25) is 9.69 Å². The zero-order chi connectivity index (χ0) is 17.8. The summed E-state index contributed by atoms with van der Waals surface area (Å²) >= 11 is 1.71. The fraction of sp³-hybridized carbons (Fsp3) is 0.421. The Morgan fingerprint density at radius 2 is 1.96 bits per heavy atom. The first kappa shape index (κ1) is 18.0. The molecule has 4 nitrogen and oxygen atoms in total. The van der Waals surface area contributed by atoms with E-state index in [1.807, 2.05) is 13.0 Å². The summed E-state index contributed by atoms with van der Waals surface area (Å²) in [6.07, 6.45) is 0. The number of carbonyl (C=O) groups excluding carboxylic acids is 1. The monoisotopic (exact) mass is 361 g/mol. The number of likely N-dealkylation sites (N-methyl/N-ethyl adjacent to an activating group) is 1. The number of nitrogens with one attached hydrogen (secondary N) is 1. The number of thiophene rings is 1. The van der Waals surface area contributed by atoms with Crippen LogP contribution in [0.25, 0.3) is 0 Å². The van der Waals surface area contributed by atoms with Crippen LogP contribution >= 0.6 is 11.3 Å². The summed E-state index contributed by atoms with van der Waals surface area (Å²) in [5.74, 6) is -0.628. The second kappa shape index (κ2) is 8.08. The third-order valence-electron chi connectivity index (χ3n) is 4.69. The highest BCUT2D eigenvalue weighted by Crippen LogP contribution is 2.29. The van der Waals surface area contributed by atoms with Gasteiger partial charge in [0, 0.05) is 42.7 Å². The van der Waals surface area contributed by atoms with Gasteiger partial charge in [0.2, 0.25) is 0 Å². The van der Waals surface area contributed by atoms with E-state index in [9.17, 15) is 9.18 Å². The van der Waals surface area contributed by atoms with Crippen molar-refractivity contribution < 1.29 is 9.18 Å². The summed E-state index contributed by atoms with van der Waals surface area (Å²) in [6.45, 7) is 6.01. The van der Waals surface area contributed by atoms with Gasteiger partial charge >= 0.3 is 0 Å². The van der Waals surface area contributed by atoms with Crippen LogP contribution in [-0.2, 0) is 0 Å². The maximum absolute atomic E-state index is 13.4. The smallest absolute Gasteiger partial charge is 0.251 e. The summed E-state index contributed by atoms with van der Waals surface area (Å²) in [7, 11) is 2.13. The van der Waals surface area contributed by atoms with E-state index in [-0.39, 0.29) is 18.0 Å². The SMILES string of the molecule is C[C@@H](NC(=O)c1cccc(F)c1)[C@@H](c1cccs1)N1CCN(C)CC1. The van der Waals surface area contributed by atoms with Crippen molar-refractivity contribution in [2.75, 3.05) is 33.2 Å². The summed E-state index contributed by atoms with van der Waals surface area (Å²) < 4.78 is 13.4. The van der Waals surface area contributed by atoms with Crippen LogP contribution in [0.2, 0.25) is 0 Å². The average molecular weight is 361 g/mol. The Labute approximate surface area is 152 Å². The van der Waals surface area contributed by atoms with Crippen LogP contribution in [0.15, 0.2) is 41.8 Å². The fourth-order valence-electron chi connectivity index (χ4n) is 3.30. The summed E-state index contributed by atoms with van der Waals surface area (Å²) in [5.41, 5.74) is 0.357. The van der Waals surface area contributed by atoms with E-state index in [1.54, 1.807) is 23.5 Å². The van der Waals surface area contributed by atoms with Gasteiger partial charge in [-0.05, 0) is 43.6 Å². The molecule has 0 radical (unpaired) electrons. The maximum Gasteiger partial charge on any atom is 0.251 e. The minimum absolute atomic E-state index is 0.0715. The van der Waals surface area contributed by atoms with Gasteiger partial charge in [0.05, 0.1) is 6.04 Å². The zero-order valence-electron chi connectivity index (χ0n) is 14.6. The Morgan fingerprint density at radius 1 is 1.20 bits per heavy atom. The first-order valence-electron chi connectivity index (χ1n) is 8.57. The molecule has 1 saturated heterocycles. The van der Waals surface area contributed by atoms with Gasteiger partial charge in [0.15, 0.2) is 0 Å². The molecule has 1 fully saturated rings. The molecule has 1 aromatic carbocycles. The van der Waals surface area contributed by atoms with Crippen LogP contribution in [-0.4, -0.2) is 55.0 Å². The summed E-state index contributed by atoms with van der Waals surface area (Å²) in [4.78, 5) is 18.5. The van der Waals surface area contributed by atoms with Crippen LogP contribution in [0.5, 0.6) is 0 Å². The van der Waals surface area contributed by atoms with Gasteiger partial charge in [0.25, 0.3) is 5.91 Å². The van der Waals surface area contributed by atoms with Crippen molar-refractivity contribution in [1.29, 1.82) is 0 Å². The molecular weight excluding hydrogens is 337 g/mol. The third kappa shape index (κ3) is 4.45. The number of rotatable bonds is 5. The largest absolute Gasteiger partial charge is 0.348 e. The molecule has 0 unspecified atom stereocenters. The molecular formula is C19H24FN3OS. The normalized spacial score (nSPS) is 18.7. The first-order valence-corrected chi connectivity index (χ1v) is 9.45. The Morgan fingerprint density at radius 3 is 2.60 bits per heavy atom. The quantitative estimate of drug-likeness (QED) is 0.889.